The van der Waals surface area contributed by atoms with Crippen LogP contribution < -0.4 is 5.32 Å². The van der Waals surface area contributed by atoms with Crippen molar-refractivity contribution in [2.45, 2.75) is 18.9 Å². The average Bonchev–Trinajstić information content (AvgIpc) is 2.78. The summed E-state index contributed by atoms with van der Waals surface area (Å²) < 4.78 is 3.05. The van der Waals surface area contributed by atoms with Crippen molar-refractivity contribution in [1.29, 1.82) is 0 Å². The fraction of sp³-hybridized carbons (Fsp3) is 0.357. The lowest BCUT2D eigenvalue weighted by Crippen LogP contribution is -2.18. The second-order valence-electron chi connectivity index (χ2n) is 4.50. The van der Waals surface area contributed by atoms with Gasteiger partial charge >= 0.3 is 0 Å². The van der Waals surface area contributed by atoms with E-state index in [9.17, 15) is 0 Å². The van der Waals surface area contributed by atoms with E-state index in [2.05, 4.69) is 36.9 Å². The molecular weight excluding hydrogens is 326 g/mol. The Bertz CT molecular complexity index is 553. The van der Waals surface area contributed by atoms with Gasteiger partial charge in [-0.2, -0.15) is 0 Å². The zero-order valence-corrected chi connectivity index (χ0v) is 13.4. The highest BCUT2D eigenvalue weighted by molar-refractivity contribution is 9.10. The van der Waals surface area contributed by atoms with Gasteiger partial charge in [-0.3, -0.25) is 0 Å². The van der Waals surface area contributed by atoms with Gasteiger partial charge in [0.1, 0.15) is 5.82 Å². The lowest BCUT2D eigenvalue weighted by molar-refractivity contribution is 0.536. The van der Waals surface area contributed by atoms with Crippen molar-refractivity contribution < 1.29 is 0 Å². The van der Waals surface area contributed by atoms with Gasteiger partial charge in [0.05, 0.1) is 0 Å². The van der Waals surface area contributed by atoms with Crippen LogP contribution >= 0.6 is 27.5 Å². The lowest BCUT2D eigenvalue weighted by Gasteiger charge is -2.18. The molecular formula is C14H17BrClN3. The molecule has 1 aromatic carbocycles. The van der Waals surface area contributed by atoms with Crippen LogP contribution in [0.4, 0.5) is 0 Å². The van der Waals surface area contributed by atoms with E-state index in [4.69, 9.17) is 11.6 Å². The van der Waals surface area contributed by atoms with Gasteiger partial charge < -0.3 is 9.88 Å². The molecule has 0 aliphatic heterocycles. The second-order valence-corrected chi connectivity index (χ2v) is 5.82. The van der Waals surface area contributed by atoms with Crippen molar-refractivity contribution in [3.63, 3.8) is 0 Å². The summed E-state index contributed by atoms with van der Waals surface area (Å²) in [4.78, 5) is 4.35. The number of hydrogen-bond donors (Lipinski definition) is 1. The van der Waals surface area contributed by atoms with E-state index in [-0.39, 0.29) is 6.04 Å². The third kappa shape index (κ3) is 3.59. The van der Waals surface area contributed by atoms with Crippen molar-refractivity contribution >= 4 is 27.5 Å². The summed E-state index contributed by atoms with van der Waals surface area (Å²) in [5.41, 5.74) is 1.13. The minimum absolute atomic E-state index is 0.234. The third-order valence-corrected chi connectivity index (χ3v) is 4.08. The Morgan fingerprint density at radius 3 is 2.84 bits per heavy atom. The maximum absolute atomic E-state index is 6.30. The highest BCUT2D eigenvalue weighted by atomic mass is 79.9. The Hall–Kier alpha value is -0.840. The van der Waals surface area contributed by atoms with E-state index in [0.717, 1.165) is 33.7 Å². The molecule has 0 aliphatic rings. The maximum Gasteiger partial charge on any atom is 0.108 e. The molecule has 19 heavy (non-hydrogen) atoms. The molecule has 1 unspecified atom stereocenters. The van der Waals surface area contributed by atoms with E-state index in [1.807, 2.05) is 38.6 Å². The normalized spacial score (nSPS) is 12.6. The van der Waals surface area contributed by atoms with Gasteiger partial charge in [-0.25, -0.2) is 4.98 Å². The molecule has 0 bridgehead atoms. The molecule has 0 radical (unpaired) electrons. The van der Waals surface area contributed by atoms with Crippen LogP contribution in [0.15, 0.2) is 35.1 Å². The van der Waals surface area contributed by atoms with Crippen molar-refractivity contribution in [3.05, 3.63) is 51.5 Å². The van der Waals surface area contributed by atoms with Gasteiger partial charge in [0.25, 0.3) is 0 Å². The van der Waals surface area contributed by atoms with Crippen molar-refractivity contribution in [3.8, 4) is 0 Å². The summed E-state index contributed by atoms with van der Waals surface area (Å²) in [7, 11) is 3.98. The molecule has 2 rings (SSSR count). The Kier molecular flexibility index (Phi) is 5.02. The molecule has 102 valence electrons. The molecule has 0 saturated carbocycles. The van der Waals surface area contributed by atoms with Gasteiger partial charge in [-0.05, 0) is 31.2 Å². The predicted molar refractivity (Wildman–Crippen MR) is 82.5 cm³/mol. The number of hydrogen-bond acceptors (Lipinski definition) is 2. The number of aryl methyl sites for hydroxylation is 2. The van der Waals surface area contributed by atoms with Crippen molar-refractivity contribution in [2.75, 3.05) is 7.05 Å². The molecule has 1 heterocycles. The molecule has 0 saturated heterocycles. The highest BCUT2D eigenvalue weighted by Crippen LogP contribution is 2.28. The number of halogens is 2. The predicted octanol–water partition coefficient (Wildman–Crippen LogP) is 3.73. The van der Waals surface area contributed by atoms with Crippen molar-refractivity contribution in [2.24, 2.45) is 7.05 Å². The maximum atomic E-state index is 6.30. The van der Waals surface area contributed by atoms with E-state index in [0.29, 0.717) is 0 Å². The largest absolute Gasteiger partial charge is 0.338 e. The minimum Gasteiger partial charge on any atom is -0.338 e. The van der Waals surface area contributed by atoms with E-state index in [1.165, 1.54) is 0 Å². The van der Waals surface area contributed by atoms with Gasteiger partial charge in [-0.1, -0.05) is 33.6 Å². The van der Waals surface area contributed by atoms with E-state index < -0.39 is 0 Å². The lowest BCUT2D eigenvalue weighted by atomic mass is 10.0. The van der Waals surface area contributed by atoms with Crippen LogP contribution in [0.5, 0.6) is 0 Å². The zero-order valence-electron chi connectivity index (χ0n) is 11.0. The topological polar surface area (TPSA) is 29.9 Å². The number of benzene rings is 1. The number of aromatic nitrogens is 2. The minimum atomic E-state index is 0.234. The number of nitrogens with one attached hydrogen (secondary N) is 1. The van der Waals surface area contributed by atoms with Gasteiger partial charge in [0.2, 0.25) is 0 Å². The summed E-state index contributed by atoms with van der Waals surface area (Å²) in [5, 5.41) is 4.11. The van der Waals surface area contributed by atoms with Gasteiger partial charge in [0.15, 0.2) is 0 Å². The molecule has 0 aliphatic carbocycles. The van der Waals surface area contributed by atoms with Crippen LogP contribution in [0.2, 0.25) is 5.02 Å². The number of imidazole rings is 1. The first-order valence-electron chi connectivity index (χ1n) is 6.20. The number of rotatable bonds is 5. The van der Waals surface area contributed by atoms with Crippen LogP contribution in [0.1, 0.15) is 23.9 Å². The summed E-state index contributed by atoms with van der Waals surface area (Å²) in [5.74, 6) is 1.09. The highest BCUT2D eigenvalue weighted by Gasteiger charge is 2.14. The number of nitrogens with zero attached hydrogens (tertiary/aromatic N) is 2. The molecule has 2 aromatic rings. The van der Waals surface area contributed by atoms with E-state index >= 15 is 0 Å². The average molecular weight is 343 g/mol. The molecule has 5 heteroatoms. The van der Waals surface area contributed by atoms with Gasteiger partial charge in [-0.15, -0.1) is 0 Å². The first kappa shape index (κ1) is 14.6. The third-order valence-electron chi connectivity index (χ3n) is 3.26. The summed E-state index contributed by atoms with van der Waals surface area (Å²) in [6.07, 6.45) is 5.68. The molecule has 0 spiro atoms. The molecule has 1 aromatic heterocycles. The molecule has 1 atom stereocenters. The fourth-order valence-corrected chi connectivity index (χ4v) is 2.96. The zero-order chi connectivity index (χ0) is 13.8. The van der Waals surface area contributed by atoms with E-state index in [1.54, 1.807) is 0 Å². The quantitative estimate of drug-likeness (QED) is 0.897. The smallest absolute Gasteiger partial charge is 0.108 e. The first-order chi connectivity index (χ1) is 9.11. The van der Waals surface area contributed by atoms with Crippen molar-refractivity contribution in [1.82, 2.24) is 14.9 Å². The van der Waals surface area contributed by atoms with Gasteiger partial charge in [0, 0.05) is 41.4 Å². The Labute approximate surface area is 127 Å². The standard InChI is InChI=1S/C14H17BrClN3/c1-17-13(5-6-14-18-7-8-19(14)2)11-4-3-10(15)9-12(11)16/h3-4,7-9,13,17H,5-6H2,1-2H3. The Morgan fingerprint density at radius 2 is 2.26 bits per heavy atom. The fourth-order valence-electron chi connectivity index (χ4n) is 2.15. The van der Waals surface area contributed by atoms with Crippen LogP contribution in [-0.2, 0) is 13.5 Å². The Balaban J connectivity index is 2.10. The molecule has 1 N–H and O–H groups in total. The SMILES string of the molecule is CNC(CCc1nccn1C)c1ccc(Br)cc1Cl. The summed E-state index contributed by atoms with van der Waals surface area (Å²) in [6, 6.07) is 6.25. The summed E-state index contributed by atoms with van der Waals surface area (Å²) >= 11 is 9.73. The Morgan fingerprint density at radius 1 is 1.47 bits per heavy atom. The second kappa shape index (κ2) is 6.55. The monoisotopic (exact) mass is 341 g/mol. The summed E-state index contributed by atoms with van der Waals surface area (Å²) in [6.45, 7) is 0. The van der Waals surface area contributed by atoms with Crippen LogP contribution in [0, 0.1) is 0 Å². The molecule has 0 fully saturated rings. The van der Waals surface area contributed by atoms with Crippen LogP contribution in [0.25, 0.3) is 0 Å². The molecule has 3 nitrogen and oxygen atoms in total. The molecule has 0 amide bonds. The first-order valence-corrected chi connectivity index (χ1v) is 7.37. The van der Waals surface area contributed by atoms with Crippen LogP contribution in [-0.4, -0.2) is 16.6 Å². The van der Waals surface area contributed by atoms with Crippen LogP contribution in [0.3, 0.4) is 0 Å².